The molecule has 3 heterocycles. The number of ether oxygens (including phenoxy) is 1. The average Bonchev–Trinajstić information content (AvgIpc) is 2.67. The lowest BCUT2D eigenvalue weighted by Crippen LogP contribution is -2.35. The number of nitrogens with zero attached hydrogens (tertiary/aromatic N) is 3. The van der Waals surface area contributed by atoms with Gasteiger partial charge in [0.1, 0.15) is 16.8 Å². The molecule has 0 saturated carbocycles. The van der Waals surface area contributed by atoms with Crippen molar-refractivity contribution in [3.8, 4) is 0 Å². The Kier molecular flexibility index (Phi) is 5.66. The fourth-order valence-corrected chi connectivity index (χ4v) is 2.93. The summed E-state index contributed by atoms with van der Waals surface area (Å²) in [5, 5.41) is 11.6. The quantitative estimate of drug-likeness (QED) is 0.484. The molecule has 3 aromatic heterocycles. The van der Waals surface area contributed by atoms with Gasteiger partial charge >= 0.3 is 0 Å². The fraction of sp³-hybridized carbons (Fsp3) is 0.368. The summed E-state index contributed by atoms with van der Waals surface area (Å²) in [6.07, 6.45) is 3.45. The number of hydrogen-bond donors (Lipinski definition) is 2. The molecule has 1 amide bonds. The average molecular weight is 369 g/mol. The molecule has 0 bridgehead atoms. The van der Waals surface area contributed by atoms with Crippen LogP contribution in [0.4, 0.5) is 0 Å². The smallest absolute Gasteiger partial charge is 0.267 e. The van der Waals surface area contributed by atoms with Crippen LogP contribution in [-0.2, 0) is 11.3 Å². The predicted octanol–water partition coefficient (Wildman–Crippen LogP) is 1.30. The van der Waals surface area contributed by atoms with E-state index in [-0.39, 0.29) is 22.5 Å². The standard InChI is InChI=1S/C19H23N5O3/c1-3-4-8-21-18(25)13-12-14-17(24(16(13)20)10-11-27-2)22-15-7-5-6-9-23(15)19(14)26/h5-7,9,12,20H,3-4,8,10-11H2,1-2H3,(H,21,25). The predicted molar refractivity (Wildman–Crippen MR) is 102 cm³/mol. The van der Waals surface area contributed by atoms with E-state index in [1.54, 1.807) is 36.1 Å². The van der Waals surface area contributed by atoms with Gasteiger partial charge < -0.3 is 14.6 Å². The van der Waals surface area contributed by atoms with Gasteiger partial charge in [0.25, 0.3) is 11.5 Å². The van der Waals surface area contributed by atoms with Crippen molar-refractivity contribution in [2.75, 3.05) is 20.3 Å². The first-order chi connectivity index (χ1) is 13.1. The Morgan fingerprint density at radius 1 is 1.37 bits per heavy atom. The third kappa shape index (κ3) is 3.61. The van der Waals surface area contributed by atoms with E-state index in [1.165, 1.54) is 10.5 Å². The molecule has 3 aromatic rings. The van der Waals surface area contributed by atoms with Crippen molar-refractivity contribution in [2.45, 2.75) is 26.3 Å². The molecule has 0 aliphatic carbocycles. The molecule has 3 rings (SSSR count). The van der Waals surface area contributed by atoms with E-state index in [0.717, 1.165) is 12.8 Å². The van der Waals surface area contributed by atoms with Gasteiger partial charge in [-0.3, -0.25) is 19.4 Å². The van der Waals surface area contributed by atoms with Crippen molar-refractivity contribution < 1.29 is 9.53 Å². The van der Waals surface area contributed by atoms with Crippen molar-refractivity contribution in [2.24, 2.45) is 0 Å². The third-order valence-electron chi connectivity index (χ3n) is 4.40. The molecule has 0 spiro atoms. The van der Waals surface area contributed by atoms with Gasteiger partial charge in [0, 0.05) is 26.4 Å². The van der Waals surface area contributed by atoms with Crippen molar-refractivity contribution in [1.29, 1.82) is 5.41 Å². The summed E-state index contributed by atoms with van der Waals surface area (Å²) in [6, 6.07) is 6.75. The highest BCUT2D eigenvalue weighted by Gasteiger charge is 2.17. The maximum absolute atomic E-state index is 12.9. The number of carbonyl (C=O) groups is 1. The van der Waals surface area contributed by atoms with Crippen molar-refractivity contribution in [3.63, 3.8) is 0 Å². The number of hydrogen-bond acceptors (Lipinski definition) is 5. The lowest BCUT2D eigenvalue weighted by molar-refractivity contribution is 0.0950. The minimum atomic E-state index is -0.362. The Hall–Kier alpha value is -3.00. The van der Waals surface area contributed by atoms with Gasteiger partial charge in [-0.25, -0.2) is 4.98 Å². The second kappa shape index (κ2) is 8.13. The van der Waals surface area contributed by atoms with Crippen LogP contribution < -0.4 is 16.4 Å². The molecule has 2 N–H and O–H groups in total. The second-order valence-electron chi connectivity index (χ2n) is 6.24. The second-order valence-corrected chi connectivity index (χ2v) is 6.24. The first-order valence-electron chi connectivity index (χ1n) is 8.95. The van der Waals surface area contributed by atoms with Crippen LogP contribution in [0, 0.1) is 5.41 Å². The number of amides is 1. The van der Waals surface area contributed by atoms with Crippen LogP contribution in [0.15, 0.2) is 35.3 Å². The number of fused-ring (bicyclic) bond motifs is 2. The topological polar surface area (TPSA) is 101 Å². The van der Waals surface area contributed by atoms with Crippen LogP contribution >= 0.6 is 0 Å². The summed E-state index contributed by atoms with van der Waals surface area (Å²) in [5.74, 6) is -0.362. The SMILES string of the molecule is CCCCNC(=O)c1cc2c(=O)n3ccccc3nc2n(CCOC)c1=N. The molecule has 142 valence electrons. The highest BCUT2D eigenvalue weighted by Crippen LogP contribution is 2.10. The largest absolute Gasteiger partial charge is 0.383 e. The Morgan fingerprint density at radius 3 is 2.93 bits per heavy atom. The summed E-state index contributed by atoms with van der Waals surface area (Å²) in [5.41, 5.74) is 0.758. The molecule has 0 saturated heterocycles. The zero-order chi connectivity index (χ0) is 19.4. The number of carbonyl (C=O) groups excluding carboxylic acids is 1. The Labute approximate surface area is 155 Å². The number of methoxy groups -OCH3 is 1. The Morgan fingerprint density at radius 2 is 2.19 bits per heavy atom. The Balaban J connectivity index is 2.25. The van der Waals surface area contributed by atoms with Crippen LogP contribution in [0.3, 0.4) is 0 Å². The van der Waals surface area contributed by atoms with Crippen LogP contribution in [0.2, 0.25) is 0 Å². The summed E-state index contributed by atoms with van der Waals surface area (Å²) in [6.45, 7) is 3.22. The van der Waals surface area contributed by atoms with Crippen molar-refractivity contribution >= 4 is 22.6 Å². The molecule has 0 unspecified atom stereocenters. The molecule has 0 atom stereocenters. The molecule has 27 heavy (non-hydrogen) atoms. The van der Waals surface area contributed by atoms with Crippen molar-refractivity contribution in [3.05, 3.63) is 51.9 Å². The van der Waals surface area contributed by atoms with Gasteiger partial charge in [-0.1, -0.05) is 19.4 Å². The van der Waals surface area contributed by atoms with E-state index in [9.17, 15) is 9.59 Å². The summed E-state index contributed by atoms with van der Waals surface area (Å²) >= 11 is 0. The van der Waals surface area contributed by atoms with Gasteiger partial charge in [-0.2, -0.15) is 0 Å². The molecule has 8 nitrogen and oxygen atoms in total. The lowest BCUT2D eigenvalue weighted by atomic mass is 10.2. The number of aromatic nitrogens is 3. The van der Waals surface area contributed by atoms with E-state index in [1.807, 2.05) is 6.92 Å². The third-order valence-corrected chi connectivity index (χ3v) is 4.40. The monoisotopic (exact) mass is 369 g/mol. The summed E-state index contributed by atoms with van der Waals surface area (Å²) in [7, 11) is 1.56. The lowest BCUT2D eigenvalue weighted by Gasteiger charge is -2.14. The van der Waals surface area contributed by atoms with E-state index in [0.29, 0.717) is 36.4 Å². The maximum atomic E-state index is 12.9. The van der Waals surface area contributed by atoms with Gasteiger partial charge in [0.2, 0.25) is 0 Å². The van der Waals surface area contributed by atoms with Gasteiger partial charge in [0.15, 0.2) is 0 Å². The maximum Gasteiger partial charge on any atom is 0.267 e. The van der Waals surface area contributed by atoms with Gasteiger partial charge in [-0.15, -0.1) is 0 Å². The number of pyridine rings is 2. The van der Waals surface area contributed by atoms with E-state index in [4.69, 9.17) is 10.1 Å². The highest BCUT2D eigenvalue weighted by atomic mass is 16.5. The van der Waals surface area contributed by atoms with Crippen LogP contribution in [0.25, 0.3) is 16.7 Å². The van der Waals surface area contributed by atoms with Crippen LogP contribution in [-0.4, -0.2) is 40.1 Å². The molecule has 0 aliphatic rings. The normalized spacial score (nSPS) is 11.2. The van der Waals surface area contributed by atoms with Gasteiger partial charge in [-0.05, 0) is 24.6 Å². The molecule has 0 aliphatic heterocycles. The van der Waals surface area contributed by atoms with E-state index >= 15 is 0 Å². The number of nitrogens with one attached hydrogen (secondary N) is 2. The zero-order valence-corrected chi connectivity index (χ0v) is 15.5. The molecular weight excluding hydrogens is 346 g/mol. The molecular formula is C19H23N5O3. The van der Waals surface area contributed by atoms with E-state index in [2.05, 4.69) is 10.3 Å². The minimum absolute atomic E-state index is 0.0146. The van der Waals surface area contributed by atoms with Crippen LogP contribution in [0.5, 0.6) is 0 Å². The van der Waals surface area contributed by atoms with Crippen molar-refractivity contribution in [1.82, 2.24) is 19.3 Å². The molecule has 0 radical (unpaired) electrons. The molecule has 8 heteroatoms. The summed E-state index contributed by atoms with van der Waals surface area (Å²) < 4.78 is 8.12. The fourth-order valence-electron chi connectivity index (χ4n) is 2.93. The Bertz CT molecular complexity index is 1100. The van der Waals surface area contributed by atoms with E-state index < -0.39 is 0 Å². The summed E-state index contributed by atoms with van der Waals surface area (Å²) in [4.78, 5) is 30.1. The highest BCUT2D eigenvalue weighted by molar-refractivity contribution is 5.96. The van der Waals surface area contributed by atoms with Gasteiger partial charge in [0.05, 0.1) is 17.6 Å². The molecule has 0 fully saturated rings. The first-order valence-corrected chi connectivity index (χ1v) is 8.95. The number of unbranched alkanes of at least 4 members (excludes halogenated alkanes) is 1. The number of rotatable bonds is 7. The van der Waals surface area contributed by atoms with Crippen LogP contribution in [0.1, 0.15) is 30.1 Å². The molecule has 0 aromatic carbocycles. The zero-order valence-electron chi connectivity index (χ0n) is 15.5. The minimum Gasteiger partial charge on any atom is -0.383 e. The first kappa shape index (κ1) is 18.8.